The van der Waals surface area contributed by atoms with E-state index >= 15 is 0 Å². The number of aliphatic imine (C=N–C) groups is 1. The number of likely N-dealkylation sites (tertiary alicyclic amines) is 1. The monoisotopic (exact) mass is 779 g/mol. The number of unbranched alkanes of at least 4 members (excludes halogenated alkanes) is 1. The van der Waals surface area contributed by atoms with Crippen molar-refractivity contribution in [2.75, 3.05) is 13.1 Å². The Morgan fingerprint density at radius 1 is 0.893 bits per heavy atom. The van der Waals surface area contributed by atoms with Crippen molar-refractivity contribution in [2.45, 2.75) is 162 Å². The van der Waals surface area contributed by atoms with Gasteiger partial charge >= 0.3 is 6.09 Å². The van der Waals surface area contributed by atoms with Gasteiger partial charge in [-0.25, -0.2) is 9.18 Å². The second kappa shape index (κ2) is 31.3. The molecule has 0 unspecified atom stereocenters. The Kier molecular flexibility index (Phi) is 31.6. The number of hydrogen-bond acceptors (Lipinski definition) is 4. The van der Waals surface area contributed by atoms with Gasteiger partial charge in [-0.3, -0.25) is 9.79 Å². The van der Waals surface area contributed by atoms with Crippen molar-refractivity contribution in [1.82, 2.24) is 4.90 Å². The molecule has 0 spiro atoms. The second-order valence-corrected chi connectivity index (χ2v) is 16.0. The number of carbonyl (C=O) groups is 2. The zero-order valence-electron chi connectivity index (χ0n) is 38.0. The van der Waals surface area contributed by atoms with Crippen molar-refractivity contribution in [3.8, 4) is 0 Å². The van der Waals surface area contributed by atoms with E-state index in [1.807, 2.05) is 78.5 Å². The molecule has 0 aromatic heterocycles. The van der Waals surface area contributed by atoms with Crippen LogP contribution in [0.1, 0.15) is 168 Å². The first-order valence-electron chi connectivity index (χ1n) is 20.6. The zero-order valence-corrected chi connectivity index (χ0v) is 38.0. The first-order chi connectivity index (χ1) is 25.7. The first-order valence-corrected chi connectivity index (χ1v) is 20.6. The van der Waals surface area contributed by atoms with E-state index in [0.29, 0.717) is 17.1 Å². The lowest BCUT2D eigenvalue weighted by molar-refractivity contribution is -0.111. The SMILES string of the molecule is C.CC.CC(C)C.CC(C)C1CCN(C(=O)OC(C)(C)C)CC1.CC(C)c1ccccc1.CC=CC(=NC(/C)=C/CCC)/C(C)=C(/C(C)=O)c1ccc(F)cc1. The molecule has 1 aliphatic rings. The normalized spacial score (nSPS) is 13.8. The molecule has 1 heterocycles. The minimum absolute atomic E-state index is 0. The number of amides is 1. The van der Waals surface area contributed by atoms with Crippen molar-refractivity contribution in [3.63, 3.8) is 0 Å². The summed E-state index contributed by atoms with van der Waals surface area (Å²) in [5.74, 6) is 2.59. The molecule has 1 aliphatic heterocycles. The lowest BCUT2D eigenvalue weighted by atomic mass is 9.87. The number of halogens is 1. The molecule has 0 N–H and O–H groups in total. The smallest absolute Gasteiger partial charge is 0.410 e. The van der Waals surface area contributed by atoms with Gasteiger partial charge in [-0.05, 0) is 126 Å². The predicted molar refractivity (Wildman–Crippen MR) is 245 cm³/mol. The van der Waals surface area contributed by atoms with Crippen LogP contribution in [0.5, 0.6) is 0 Å². The Hall–Kier alpha value is -3.80. The highest BCUT2D eigenvalue weighted by atomic mass is 19.1. The van der Waals surface area contributed by atoms with E-state index in [4.69, 9.17) is 4.74 Å². The Labute approximate surface area is 345 Å². The Balaban J connectivity index is -0.000000751. The fraction of sp³-hybridized carbons (Fsp3) is 0.580. The molecule has 0 aliphatic carbocycles. The van der Waals surface area contributed by atoms with Crippen LogP contribution >= 0.6 is 0 Å². The highest BCUT2D eigenvalue weighted by Crippen LogP contribution is 2.26. The van der Waals surface area contributed by atoms with Crippen LogP contribution in [0.3, 0.4) is 0 Å². The number of hydrogen-bond donors (Lipinski definition) is 0. The van der Waals surface area contributed by atoms with E-state index in [1.165, 1.54) is 24.6 Å². The van der Waals surface area contributed by atoms with Gasteiger partial charge in [0, 0.05) is 24.4 Å². The fourth-order valence-corrected chi connectivity index (χ4v) is 5.33. The average Bonchev–Trinajstić information content (AvgIpc) is 3.12. The summed E-state index contributed by atoms with van der Waals surface area (Å²) in [4.78, 5) is 30.5. The van der Waals surface area contributed by atoms with Gasteiger partial charge in [-0.15, -0.1) is 0 Å². The van der Waals surface area contributed by atoms with Crippen LogP contribution in [0.2, 0.25) is 0 Å². The van der Waals surface area contributed by atoms with Gasteiger partial charge in [-0.2, -0.15) is 0 Å². The summed E-state index contributed by atoms with van der Waals surface area (Å²) in [6, 6.07) is 16.5. The number of ether oxygens (including phenoxy) is 1. The molecular formula is C50H83FN2O3. The van der Waals surface area contributed by atoms with Gasteiger partial charge in [0.05, 0.1) is 5.71 Å². The van der Waals surface area contributed by atoms with Crippen LogP contribution in [-0.2, 0) is 9.53 Å². The molecule has 318 valence electrons. The number of ketones is 1. The number of Topliss-reactive ketones (excluding diaryl/α,β-unsaturated/α-hetero) is 1. The third-order valence-electron chi connectivity index (χ3n) is 8.19. The summed E-state index contributed by atoms with van der Waals surface area (Å²) in [7, 11) is 0. The van der Waals surface area contributed by atoms with Gasteiger partial charge in [0.25, 0.3) is 0 Å². The Morgan fingerprint density at radius 2 is 1.39 bits per heavy atom. The number of carbonyl (C=O) groups excluding carboxylic acids is 2. The lowest BCUT2D eigenvalue weighted by Crippen LogP contribution is -2.42. The molecule has 2 aromatic rings. The molecule has 6 heteroatoms. The quantitative estimate of drug-likeness (QED) is 0.188. The van der Waals surface area contributed by atoms with E-state index in [2.05, 4.69) is 90.7 Å². The summed E-state index contributed by atoms with van der Waals surface area (Å²) in [6.07, 6.45) is 9.97. The molecule has 5 nitrogen and oxygen atoms in total. The average molecular weight is 779 g/mol. The van der Waals surface area contributed by atoms with E-state index in [9.17, 15) is 14.0 Å². The summed E-state index contributed by atoms with van der Waals surface area (Å²) in [5.41, 5.74) is 4.76. The third kappa shape index (κ3) is 26.1. The molecule has 0 saturated carbocycles. The number of allylic oxidation sites excluding steroid dienone is 6. The largest absolute Gasteiger partial charge is 0.444 e. The topological polar surface area (TPSA) is 59.0 Å². The van der Waals surface area contributed by atoms with E-state index in [0.717, 1.165) is 73.5 Å². The highest BCUT2D eigenvalue weighted by Gasteiger charge is 2.27. The molecule has 2 aromatic carbocycles. The Morgan fingerprint density at radius 3 is 1.77 bits per heavy atom. The van der Waals surface area contributed by atoms with Crippen molar-refractivity contribution in [3.05, 3.63) is 101 Å². The van der Waals surface area contributed by atoms with Gasteiger partial charge in [-0.1, -0.05) is 138 Å². The highest BCUT2D eigenvalue weighted by molar-refractivity contribution is 6.28. The minimum atomic E-state index is -0.383. The summed E-state index contributed by atoms with van der Waals surface area (Å²) >= 11 is 0. The molecule has 0 bridgehead atoms. The summed E-state index contributed by atoms with van der Waals surface area (Å²) in [5, 5.41) is 0. The number of rotatable bonds is 9. The van der Waals surface area contributed by atoms with Crippen molar-refractivity contribution in [2.24, 2.45) is 22.7 Å². The van der Waals surface area contributed by atoms with Crippen LogP contribution < -0.4 is 0 Å². The number of piperidine rings is 1. The number of benzene rings is 2. The molecule has 3 rings (SSSR count). The molecule has 0 atom stereocenters. The predicted octanol–water partition coefficient (Wildman–Crippen LogP) is 15.3. The van der Waals surface area contributed by atoms with E-state index in [1.54, 1.807) is 12.1 Å². The molecule has 0 radical (unpaired) electrons. The van der Waals surface area contributed by atoms with E-state index in [-0.39, 0.29) is 30.7 Å². The Bertz CT molecular complexity index is 1450. The second-order valence-electron chi connectivity index (χ2n) is 16.0. The maximum atomic E-state index is 13.2. The van der Waals surface area contributed by atoms with Crippen molar-refractivity contribution < 1.29 is 18.7 Å². The zero-order chi connectivity index (χ0) is 42.7. The van der Waals surface area contributed by atoms with Crippen LogP contribution in [0.25, 0.3) is 5.57 Å². The van der Waals surface area contributed by atoms with Gasteiger partial charge in [0.15, 0.2) is 5.78 Å². The third-order valence-corrected chi connectivity index (χ3v) is 8.19. The van der Waals surface area contributed by atoms with Crippen LogP contribution in [0.4, 0.5) is 9.18 Å². The van der Waals surface area contributed by atoms with Crippen LogP contribution in [-0.4, -0.2) is 41.2 Å². The number of nitrogens with zero attached hydrogens (tertiary/aromatic N) is 2. The van der Waals surface area contributed by atoms with Crippen molar-refractivity contribution in [1.29, 1.82) is 0 Å². The summed E-state index contributed by atoms with van der Waals surface area (Å²) in [6.45, 7) is 36.2. The first kappa shape index (κ1) is 56.5. The van der Waals surface area contributed by atoms with Crippen LogP contribution in [0.15, 0.2) is 89.1 Å². The van der Waals surface area contributed by atoms with E-state index < -0.39 is 0 Å². The molecule has 56 heavy (non-hydrogen) atoms. The minimum Gasteiger partial charge on any atom is -0.444 e. The summed E-state index contributed by atoms with van der Waals surface area (Å²) < 4.78 is 18.5. The maximum absolute atomic E-state index is 13.2. The van der Waals surface area contributed by atoms with Gasteiger partial charge in [0.1, 0.15) is 11.4 Å². The van der Waals surface area contributed by atoms with Crippen molar-refractivity contribution >= 4 is 23.2 Å². The molecule has 1 saturated heterocycles. The lowest BCUT2D eigenvalue weighted by Gasteiger charge is -2.34. The maximum Gasteiger partial charge on any atom is 0.410 e. The molecule has 1 amide bonds. The standard InChI is InChI=1S/C21H26FNO.C13H25NO2.C9H12.C4H10.C2H6.CH4/c1-6-8-10-15(3)23-20(9-7-2)16(4)21(17(5)24)18-11-13-19(22)14-12-18;1-10(2)11-6-8-14(9-7-11)12(15)16-13(3,4)5;1-8(2)9-6-4-3-5-7-9;1-4(2)3;1-2;/h7,9-14H,6,8H2,1-5H3;10-11H,6-9H2,1-5H3;3-8H,1-2H3;4H,1-3H3;1-2H3;1H4/b9-7?,15-10+,21-16-,23-20?;;;;;. The molecule has 1 fully saturated rings. The van der Waals surface area contributed by atoms with Gasteiger partial charge in [0.2, 0.25) is 0 Å². The van der Waals surface area contributed by atoms with Gasteiger partial charge < -0.3 is 9.64 Å². The fourth-order valence-electron chi connectivity index (χ4n) is 5.33. The molecular weight excluding hydrogens is 696 g/mol. The van der Waals surface area contributed by atoms with Crippen LogP contribution in [0, 0.1) is 23.6 Å².